The molecule has 7 nitrogen and oxygen atoms in total. The van der Waals surface area contributed by atoms with Crippen molar-refractivity contribution in [2.75, 3.05) is 32.1 Å². The Morgan fingerprint density at radius 3 is 2.34 bits per heavy atom. The minimum absolute atomic E-state index is 0.0156. The third-order valence-corrected chi connectivity index (χ3v) is 5.47. The molecule has 0 radical (unpaired) electrons. The summed E-state index contributed by atoms with van der Waals surface area (Å²) in [7, 11) is 3.41. The molecule has 3 rings (SSSR count). The number of carbonyl (C=O) groups is 3. The van der Waals surface area contributed by atoms with Crippen molar-refractivity contribution in [3.05, 3.63) is 29.8 Å². The molecule has 0 aromatic heterocycles. The smallest absolute Gasteiger partial charge is 0.410 e. The van der Waals surface area contributed by atoms with Crippen LogP contribution in [0.4, 0.5) is 10.5 Å². The van der Waals surface area contributed by atoms with Crippen molar-refractivity contribution in [1.82, 2.24) is 9.80 Å². The van der Waals surface area contributed by atoms with Crippen LogP contribution >= 0.6 is 0 Å². The van der Waals surface area contributed by atoms with E-state index < -0.39 is 11.5 Å². The molecule has 1 aromatic rings. The van der Waals surface area contributed by atoms with Crippen molar-refractivity contribution in [2.24, 2.45) is 0 Å². The van der Waals surface area contributed by atoms with Crippen LogP contribution in [0.1, 0.15) is 51.5 Å². The average molecular weight is 402 g/mol. The lowest BCUT2D eigenvalue weighted by Crippen LogP contribution is -2.49. The normalized spacial score (nSPS) is 19.9. The largest absolute Gasteiger partial charge is 0.444 e. The molecule has 3 amide bonds. The first-order chi connectivity index (χ1) is 13.6. The van der Waals surface area contributed by atoms with Gasteiger partial charge < -0.3 is 19.4 Å². The second kappa shape index (κ2) is 8.05. The van der Waals surface area contributed by atoms with Crippen LogP contribution in [0, 0.1) is 0 Å². The van der Waals surface area contributed by atoms with Gasteiger partial charge in [0.15, 0.2) is 0 Å². The van der Waals surface area contributed by atoms with E-state index in [2.05, 4.69) is 0 Å². The molecule has 2 aliphatic rings. The molecule has 158 valence electrons. The number of amides is 3. The molecule has 1 fully saturated rings. The van der Waals surface area contributed by atoms with Crippen LogP contribution < -0.4 is 4.90 Å². The highest BCUT2D eigenvalue weighted by atomic mass is 16.6. The highest BCUT2D eigenvalue weighted by molar-refractivity contribution is 6.07. The van der Waals surface area contributed by atoms with Gasteiger partial charge in [-0.15, -0.1) is 0 Å². The maximum atomic E-state index is 13.3. The van der Waals surface area contributed by atoms with Gasteiger partial charge >= 0.3 is 6.09 Å². The third kappa shape index (κ3) is 4.54. The maximum Gasteiger partial charge on any atom is 0.410 e. The van der Waals surface area contributed by atoms with Crippen LogP contribution in [0.3, 0.4) is 0 Å². The molecular weight excluding hydrogens is 370 g/mol. The van der Waals surface area contributed by atoms with Crippen molar-refractivity contribution >= 4 is 23.6 Å². The Balaban J connectivity index is 1.72. The molecule has 29 heavy (non-hydrogen) atoms. The van der Waals surface area contributed by atoms with Crippen LogP contribution in [0.15, 0.2) is 24.3 Å². The van der Waals surface area contributed by atoms with Gasteiger partial charge in [-0.3, -0.25) is 9.59 Å². The van der Waals surface area contributed by atoms with Gasteiger partial charge in [-0.05, 0) is 45.2 Å². The summed E-state index contributed by atoms with van der Waals surface area (Å²) in [4.78, 5) is 43.0. The predicted octanol–water partition coefficient (Wildman–Crippen LogP) is 2.99. The van der Waals surface area contributed by atoms with Crippen LogP contribution in [-0.4, -0.2) is 66.5 Å². The van der Waals surface area contributed by atoms with Gasteiger partial charge in [0.25, 0.3) is 0 Å². The monoisotopic (exact) mass is 401 g/mol. The second-order valence-electron chi connectivity index (χ2n) is 9.01. The van der Waals surface area contributed by atoms with E-state index in [1.807, 2.05) is 49.9 Å². The van der Waals surface area contributed by atoms with Gasteiger partial charge in [-0.25, -0.2) is 4.79 Å². The number of rotatable bonds is 3. The molecule has 1 aromatic carbocycles. The summed E-state index contributed by atoms with van der Waals surface area (Å²) in [5.41, 5.74) is 1.29. The number of fused-ring (bicyclic) bond motifs is 1. The standard InChI is InChI=1S/C22H31N3O4/c1-22(2,3)29-21(28)24-12-10-15(11-13-24)25-18-9-7-6-8-16(18)17(20(25)27)14-19(26)23(4)5/h6-9,15,17H,10-14H2,1-5H3. The zero-order valence-corrected chi connectivity index (χ0v) is 18.0. The molecule has 0 bridgehead atoms. The molecule has 7 heteroatoms. The number of ether oxygens (including phenoxy) is 1. The average Bonchev–Trinajstić information content (AvgIpc) is 2.92. The van der Waals surface area contributed by atoms with Crippen molar-refractivity contribution in [3.63, 3.8) is 0 Å². The molecule has 1 atom stereocenters. The summed E-state index contributed by atoms with van der Waals surface area (Å²) in [6.45, 7) is 6.66. The molecule has 2 heterocycles. The van der Waals surface area contributed by atoms with Crippen LogP contribution in [-0.2, 0) is 14.3 Å². The van der Waals surface area contributed by atoms with E-state index in [1.54, 1.807) is 19.0 Å². The Bertz CT molecular complexity index is 791. The Hall–Kier alpha value is -2.57. The van der Waals surface area contributed by atoms with E-state index in [0.717, 1.165) is 11.3 Å². The maximum absolute atomic E-state index is 13.3. The van der Waals surface area contributed by atoms with Gasteiger partial charge in [-0.1, -0.05) is 18.2 Å². The molecule has 0 saturated carbocycles. The molecule has 0 aliphatic carbocycles. The lowest BCUT2D eigenvalue weighted by Gasteiger charge is -2.37. The SMILES string of the molecule is CN(C)C(=O)CC1C(=O)N(C2CCN(C(=O)OC(C)(C)C)CC2)c2ccccc21. The van der Waals surface area contributed by atoms with E-state index in [-0.39, 0.29) is 30.4 Å². The summed E-state index contributed by atoms with van der Waals surface area (Å²) in [5, 5.41) is 0. The second-order valence-corrected chi connectivity index (χ2v) is 9.01. The van der Waals surface area contributed by atoms with Gasteiger partial charge in [0, 0.05) is 45.3 Å². The first-order valence-corrected chi connectivity index (χ1v) is 10.2. The van der Waals surface area contributed by atoms with E-state index in [9.17, 15) is 14.4 Å². The highest BCUT2D eigenvalue weighted by Gasteiger charge is 2.42. The molecular formula is C22H31N3O4. The number of hydrogen-bond donors (Lipinski definition) is 0. The van der Waals surface area contributed by atoms with Gasteiger partial charge in [0.05, 0.1) is 5.92 Å². The number of para-hydroxylation sites is 1. The van der Waals surface area contributed by atoms with E-state index in [4.69, 9.17) is 4.74 Å². The first kappa shape index (κ1) is 21.1. The number of hydrogen-bond acceptors (Lipinski definition) is 4. The third-order valence-electron chi connectivity index (χ3n) is 5.47. The minimum atomic E-state index is -0.524. The molecule has 1 unspecified atom stereocenters. The predicted molar refractivity (Wildman–Crippen MR) is 111 cm³/mol. The Morgan fingerprint density at radius 1 is 1.14 bits per heavy atom. The molecule has 0 N–H and O–H groups in total. The van der Waals surface area contributed by atoms with Crippen molar-refractivity contribution in [1.29, 1.82) is 0 Å². The Morgan fingerprint density at radius 2 is 1.76 bits per heavy atom. The van der Waals surface area contributed by atoms with Crippen molar-refractivity contribution < 1.29 is 19.1 Å². The van der Waals surface area contributed by atoms with Crippen molar-refractivity contribution in [3.8, 4) is 0 Å². The lowest BCUT2D eigenvalue weighted by molar-refractivity contribution is -0.131. The van der Waals surface area contributed by atoms with Gasteiger partial charge in [0.2, 0.25) is 11.8 Å². The van der Waals surface area contributed by atoms with Crippen LogP contribution in [0.5, 0.6) is 0 Å². The number of nitrogens with zero attached hydrogens (tertiary/aromatic N) is 3. The topological polar surface area (TPSA) is 70.2 Å². The Kier molecular flexibility index (Phi) is 5.87. The fourth-order valence-corrected chi connectivity index (χ4v) is 3.99. The van der Waals surface area contributed by atoms with E-state index >= 15 is 0 Å². The summed E-state index contributed by atoms with van der Waals surface area (Å²) < 4.78 is 5.46. The van der Waals surface area contributed by atoms with Crippen LogP contribution in [0.25, 0.3) is 0 Å². The van der Waals surface area contributed by atoms with Gasteiger partial charge in [-0.2, -0.15) is 0 Å². The zero-order valence-electron chi connectivity index (χ0n) is 18.0. The fraction of sp³-hybridized carbons (Fsp3) is 0.591. The van der Waals surface area contributed by atoms with Crippen molar-refractivity contribution in [2.45, 2.75) is 57.6 Å². The number of benzene rings is 1. The quantitative estimate of drug-likeness (QED) is 0.781. The minimum Gasteiger partial charge on any atom is -0.444 e. The number of piperidine rings is 1. The summed E-state index contributed by atoms with van der Waals surface area (Å²) in [6.07, 6.45) is 1.25. The fourth-order valence-electron chi connectivity index (χ4n) is 3.99. The lowest BCUT2D eigenvalue weighted by atomic mass is 9.97. The highest BCUT2D eigenvalue weighted by Crippen LogP contribution is 2.42. The number of carbonyl (C=O) groups excluding carboxylic acids is 3. The molecule has 0 spiro atoms. The molecule has 1 saturated heterocycles. The number of likely N-dealkylation sites (tertiary alicyclic amines) is 1. The Labute approximate surface area is 172 Å². The van der Waals surface area contributed by atoms with Crippen LogP contribution in [0.2, 0.25) is 0 Å². The molecule has 2 aliphatic heterocycles. The summed E-state index contributed by atoms with van der Waals surface area (Å²) >= 11 is 0. The zero-order chi connectivity index (χ0) is 21.3. The van der Waals surface area contributed by atoms with E-state index in [1.165, 1.54) is 4.90 Å². The number of anilines is 1. The van der Waals surface area contributed by atoms with E-state index in [0.29, 0.717) is 25.9 Å². The summed E-state index contributed by atoms with van der Waals surface area (Å²) in [5.74, 6) is -0.512. The summed E-state index contributed by atoms with van der Waals surface area (Å²) in [6, 6.07) is 7.74. The first-order valence-electron chi connectivity index (χ1n) is 10.2. The van der Waals surface area contributed by atoms with Gasteiger partial charge in [0.1, 0.15) is 5.60 Å².